The number of carbonyl (C=O) groups is 1. The van der Waals surface area contributed by atoms with Crippen molar-refractivity contribution >= 4 is 33.0 Å². The first-order valence-electron chi connectivity index (χ1n) is 9.18. The van der Waals surface area contributed by atoms with Crippen molar-refractivity contribution in [2.45, 2.75) is 11.3 Å². The van der Waals surface area contributed by atoms with Gasteiger partial charge in [-0.05, 0) is 60.7 Å². The van der Waals surface area contributed by atoms with Gasteiger partial charge in [0, 0.05) is 35.6 Å². The van der Waals surface area contributed by atoms with Crippen molar-refractivity contribution in [2.24, 2.45) is 0 Å². The summed E-state index contributed by atoms with van der Waals surface area (Å²) in [6.45, 7) is 0.0379. The van der Waals surface area contributed by atoms with Gasteiger partial charge in [-0.1, -0.05) is 18.2 Å². The smallest absolute Gasteiger partial charge is 0.255 e. The predicted molar refractivity (Wildman–Crippen MR) is 116 cm³/mol. The van der Waals surface area contributed by atoms with Crippen molar-refractivity contribution in [3.63, 3.8) is 0 Å². The zero-order valence-corrected chi connectivity index (χ0v) is 16.8. The van der Waals surface area contributed by atoms with Crippen LogP contribution in [0.5, 0.6) is 0 Å². The highest BCUT2D eigenvalue weighted by atomic mass is 32.2. The van der Waals surface area contributed by atoms with Crippen LogP contribution in [0.25, 0.3) is 0 Å². The summed E-state index contributed by atoms with van der Waals surface area (Å²) in [6, 6.07) is 24.5. The largest absolute Gasteiger partial charge is 0.356 e. The minimum Gasteiger partial charge on any atom is -0.356 e. The zero-order valence-electron chi connectivity index (χ0n) is 16.0. The number of hydrogen-bond acceptors (Lipinski definition) is 5. The summed E-state index contributed by atoms with van der Waals surface area (Å²) in [6.07, 6.45) is 0.0827. The highest BCUT2D eigenvalue weighted by Crippen LogP contribution is 2.19. The Morgan fingerprint density at radius 1 is 0.833 bits per heavy atom. The van der Waals surface area contributed by atoms with E-state index in [1.165, 1.54) is 24.3 Å². The molecule has 0 spiro atoms. The molecule has 0 heterocycles. The first-order chi connectivity index (χ1) is 14.5. The number of hydrogen-bond donors (Lipinski definition) is 3. The van der Waals surface area contributed by atoms with Crippen LogP contribution in [0.1, 0.15) is 16.8 Å². The molecule has 1 amide bonds. The number of para-hydroxylation sites is 1. The van der Waals surface area contributed by atoms with Crippen LogP contribution in [0.3, 0.4) is 0 Å². The van der Waals surface area contributed by atoms with E-state index in [4.69, 9.17) is 5.26 Å². The molecule has 0 aliphatic rings. The third-order valence-electron chi connectivity index (χ3n) is 4.16. The lowest BCUT2D eigenvalue weighted by molar-refractivity contribution is 0.102. The molecular formula is C22H20N4O3S. The highest BCUT2D eigenvalue weighted by molar-refractivity contribution is 7.89. The van der Waals surface area contributed by atoms with Crippen molar-refractivity contribution in [1.29, 1.82) is 5.26 Å². The van der Waals surface area contributed by atoms with E-state index in [9.17, 15) is 13.2 Å². The van der Waals surface area contributed by atoms with Crippen LogP contribution in [0.4, 0.5) is 17.1 Å². The van der Waals surface area contributed by atoms with Crippen molar-refractivity contribution in [3.8, 4) is 6.07 Å². The van der Waals surface area contributed by atoms with Gasteiger partial charge in [-0.2, -0.15) is 5.26 Å². The van der Waals surface area contributed by atoms with Gasteiger partial charge in [0.25, 0.3) is 5.91 Å². The molecule has 30 heavy (non-hydrogen) atoms. The lowest BCUT2D eigenvalue weighted by Gasteiger charge is -2.09. The second-order valence-electron chi connectivity index (χ2n) is 6.35. The van der Waals surface area contributed by atoms with Gasteiger partial charge in [0.05, 0.1) is 11.0 Å². The van der Waals surface area contributed by atoms with Crippen LogP contribution < -0.4 is 15.4 Å². The molecule has 0 atom stereocenters. The second-order valence-corrected chi connectivity index (χ2v) is 8.12. The number of rotatable bonds is 8. The monoisotopic (exact) mass is 420 g/mol. The van der Waals surface area contributed by atoms with E-state index >= 15 is 0 Å². The Morgan fingerprint density at radius 2 is 1.43 bits per heavy atom. The Morgan fingerprint density at radius 3 is 2.07 bits per heavy atom. The molecule has 0 aliphatic carbocycles. The minimum atomic E-state index is -3.70. The van der Waals surface area contributed by atoms with Crippen LogP contribution in [0, 0.1) is 11.3 Å². The minimum absolute atomic E-state index is 0.0355. The topological polar surface area (TPSA) is 111 Å². The van der Waals surface area contributed by atoms with Gasteiger partial charge in [-0.25, -0.2) is 13.1 Å². The Kier molecular flexibility index (Phi) is 6.80. The maximum atomic E-state index is 12.4. The van der Waals surface area contributed by atoms with Crippen LogP contribution in [0.2, 0.25) is 0 Å². The Labute approximate surface area is 175 Å². The van der Waals surface area contributed by atoms with Crippen molar-refractivity contribution < 1.29 is 13.2 Å². The van der Waals surface area contributed by atoms with Crippen LogP contribution in [0.15, 0.2) is 83.8 Å². The summed E-state index contributed by atoms with van der Waals surface area (Å²) in [7, 11) is -3.70. The van der Waals surface area contributed by atoms with E-state index in [-0.39, 0.29) is 23.8 Å². The average molecular weight is 420 g/mol. The first kappa shape index (κ1) is 21.0. The maximum Gasteiger partial charge on any atom is 0.255 e. The molecule has 3 N–H and O–H groups in total. The summed E-state index contributed by atoms with van der Waals surface area (Å²) < 4.78 is 26.6. The van der Waals surface area contributed by atoms with E-state index in [0.29, 0.717) is 11.3 Å². The molecule has 3 aromatic rings. The van der Waals surface area contributed by atoms with Gasteiger partial charge < -0.3 is 10.6 Å². The molecule has 0 aliphatic heterocycles. The molecule has 7 nitrogen and oxygen atoms in total. The van der Waals surface area contributed by atoms with Crippen LogP contribution in [-0.4, -0.2) is 20.9 Å². The number of carbonyl (C=O) groups excluding carboxylic acids is 1. The molecule has 0 bridgehead atoms. The van der Waals surface area contributed by atoms with E-state index in [2.05, 4.69) is 15.4 Å². The van der Waals surface area contributed by atoms with E-state index in [1.54, 1.807) is 12.1 Å². The van der Waals surface area contributed by atoms with Gasteiger partial charge >= 0.3 is 0 Å². The number of amides is 1. The molecule has 0 saturated carbocycles. The first-order valence-corrected chi connectivity index (χ1v) is 10.7. The summed E-state index contributed by atoms with van der Waals surface area (Å²) in [4.78, 5) is 12.5. The average Bonchev–Trinajstić information content (AvgIpc) is 2.76. The number of nitriles is 1. The number of nitrogens with one attached hydrogen (secondary N) is 3. The highest BCUT2D eigenvalue weighted by Gasteiger charge is 2.14. The fourth-order valence-electron chi connectivity index (χ4n) is 2.64. The molecule has 0 fully saturated rings. The van der Waals surface area contributed by atoms with Crippen molar-refractivity contribution in [2.75, 3.05) is 17.2 Å². The summed E-state index contributed by atoms with van der Waals surface area (Å²) in [5.41, 5.74) is 2.80. The van der Waals surface area contributed by atoms with E-state index in [1.807, 2.05) is 48.5 Å². The fourth-order valence-corrected chi connectivity index (χ4v) is 3.67. The van der Waals surface area contributed by atoms with Gasteiger partial charge in [-0.15, -0.1) is 0 Å². The van der Waals surface area contributed by atoms with Crippen LogP contribution in [-0.2, 0) is 10.0 Å². The van der Waals surface area contributed by atoms with Gasteiger partial charge in [-0.3, -0.25) is 4.79 Å². The molecule has 0 aromatic heterocycles. The molecule has 0 radical (unpaired) electrons. The molecule has 3 aromatic carbocycles. The van der Waals surface area contributed by atoms with Crippen molar-refractivity contribution in [3.05, 3.63) is 84.4 Å². The number of sulfonamides is 1. The SMILES string of the molecule is N#CCCNS(=O)(=O)c1ccc(C(=O)Nc2ccc(Nc3ccccc3)cc2)cc1. The third-order valence-corrected chi connectivity index (χ3v) is 5.64. The third kappa shape index (κ3) is 5.67. The molecular weight excluding hydrogens is 400 g/mol. The molecule has 152 valence electrons. The number of anilines is 3. The molecule has 3 rings (SSSR count). The van der Waals surface area contributed by atoms with Crippen LogP contribution >= 0.6 is 0 Å². The Hall–Kier alpha value is -3.67. The lowest BCUT2D eigenvalue weighted by atomic mass is 10.2. The van der Waals surface area contributed by atoms with Gasteiger partial charge in [0.2, 0.25) is 10.0 Å². The Balaban J connectivity index is 1.61. The Bertz CT molecular complexity index is 1140. The molecule has 0 unspecified atom stereocenters. The standard InChI is InChI=1S/C22H20N4O3S/c23-15-4-16-24-30(28,29)21-13-7-17(8-14-21)22(27)26-20-11-9-19(10-12-20)25-18-5-2-1-3-6-18/h1-3,5-14,24-25H,4,16H2,(H,26,27). The van der Waals surface area contributed by atoms with E-state index < -0.39 is 10.0 Å². The quantitative estimate of drug-likeness (QED) is 0.479. The molecule has 8 heteroatoms. The van der Waals surface area contributed by atoms with Crippen molar-refractivity contribution in [1.82, 2.24) is 4.72 Å². The normalized spacial score (nSPS) is 10.8. The van der Waals surface area contributed by atoms with E-state index in [0.717, 1.165) is 11.4 Å². The zero-order chi connectivity index (χ0) is 21.4. The number of nitrogens with zero attached hydrogens (tertiary/aromatic N) is 1. The predicted octanol–water partition coefficient (Wildman–Crippen LogP) is 3.87. The molecule has 0 saturated heterocycles. The summed E-state index contributed by atoms with van der Waals surface area (Å²) in [5.74, 6) is -0.347. The second kappa shape index (κ2) is 9.69. The fraction of sp³-hybridized carbons (Fsp3) is 0.0909. The lowest BCUT2D eigenvalue weighted by Crippen LogP contribution is -2.24. The maximum absolute atomic E-state index is 12.4. The summed E-state index contributed by atoms with van der Waals surface area (Å²) >= 11 is 0. The van der Waals surface area contributed by atoms with Gasteiger partial charge in [0.15, 0.2) is 0 Å². The summed E-state index contributed by atoms with van der Waals surface area (Å²) in [5, 5.41) is 14.5. The number of benzene rings is 3. The van der Waals surface area contributed by atoms with Gasteiger partial charge in [0.1, 0.15) is 0 Å².